The van der Waals surface area contributed by atoms with Crippen molar-refractivity contribution in [1.82, 2.24) is 15.2 Å². The Balaban J connectivity index is 1.92. The van der Waals surface area contributed by atoms with Crippen LogP contribution in [0, 0.1) is 12.3 Å². The number of nitrogens with zero attached hydrogens (tertiary/aromatic N) is 3. The first-order valence-electron chi connectivity index (χ1n) is 7.45. The molecule has 0 atom stereocenters. The zero-order chi connectivity index (χ0) is 14.6. The maximum Gasteiger partial charge on any atom is 0.193 e. The molecule has 1 aromatic heterocycles. The highest BCUT2D eigenvalue weighted by Crippen LogP contribution is 2.28. The molecule has 2 heterocycles. The van der Waals surface area contributed by atoms with Gasteiger partial charge in [-0.15, -0.1) is 11.3 Å². The number of likely N-dealkylation sites (tertiary alicyclic amines) is 1. The molecule has 5 heteroatoms. The average Bonchev–Trinajstić information content (AvgIpc) is 2.94. The number of aliphatic imine (C=N–C) groups is 1. The van der Waals surface area contributed by atoms with Gasteiger partial charge in [0.2, 0.25) is 0 Å². The molecule has 0 aromatic carbocycles. The van der Waals surface area contributed by atoms with Gasteiger partial charge in [-0.25, -0.2) is 4.98 Å². The third kappa shape index (κ3) is 4.20. The monoisotopic (exact) mass is 294 g/mol. The lowest BCUT2D eigenvalue weighted by molar-refractivity contribution is 0.370. The topological polar surface area (TPSA) is 40.5 Å². The minimum absolute atomic E-state index is 0.405. The van der Waals surface area contributed by atoms with E-state index in [2.05, 4.69) is 42.9 Å². The molecule has 0 unspecified atom stereocenters. The summed E-state index contributed by atoms with van der Waals surface area (Å²) in [7, 11) is 0. The largest absolute Gasteiger partial charge is 0.357 e. The molecule has 1 N–H and O–H groups in total. The van der Waals surface area contributed by atoms with Crippen molar-refractivity contribution < 1.29 is 0 Å². The van der Waals surface area contributed by atoms with Crippen LogP contribution in [0.15, 0.2) is 11.2 Å². The summed E-state index contributed by atoms with van der Waals surface area (Å²) in [5, 5.41) is 4.60. The lowest BCUT2D eigenvalue weighted by atomic mass is 9.93. The van der Waals surface area contributed by atoms with E-state index in [4.69, 9.17) is 4.99 Å². The Hall–Kier alpha value is -1.10. The fourth-order valence-electron chi connectivity index (χ4n) is 2.49. The number of hydrogen-bond donors (Lipinski definition) is 1. The summed E-state index contributed by atoms with van der Waals surface area (Å²) in [6.07, 6.45) is 4.12. The van der Waals surface area contributed by atoms with E-state index in [1.165, 1.54) is 16.3 Å². The van der Waals surface area contributed by atoms with Crippen LogP contribution in [-0.2, 0) is 6.42 Å². The average molecular weight is 294 g/mol. The van der Waals surface area contributed by atoms with Crippen LogP contribution in [-0.4, -0.2) is 42.0 Å². The van der Waals surface area contributed by atoms with Gasteiger partial charge in [0, 0.05) is 43.7 Å². The van der Waals surface area contributed by atoms with E-state index in [1.54, 1.807) is 11.3 Å². The first-order chi connectivity index (χ1) is 9.50. The van der Waals surface area contributed by atoms with Crippen molar-refractivity contribution in [1.29, 1.82) is 0 Å². The van der Waals surface area contributed by atoms with E-state index in [-0.39, 0.29) is 0 Å². The number of thiazole rings is 1. The molecular formula is C15H26N4S. The molecule has 1 fully saturated rings. The highest BCUT2D eigenvalue weighted by Gasteiger charge is 2.30. The molecule has 0 amide bonds. The summed E-state index contributed by atoms with van der Waals surface area (Å²) in [5.41, 5.74) is 0.405. The maximum atomic E-state index is 4.76. The lowest BCUT2D eigenvalue weighted by Crippen LogP contribution is -2.40. The van der Waals surface area contributed by atoms with Gasteiger partial charge in [-0.1, -0.05) is 13.8 Å². The number of rotatable bonds is 4. The molecule has 20 heavy (non-hydrogen) atoms. The van der Waals surface area contributed by atoms with E-state index >= 15 is 0 Å². The molecule has 0 spiro atoms. The van der Waals surface area contributed by atoms with Crippen molar-refractivity contribution in [3.63, 3.8) is 0 Å². The van der Waals surface area contributed by atoms with Gasteiger partial charge in [0.05, 0.1) is 5.01 Å². The summed E-state index contributed by atoms with van der Waals surface area (Å²) in [6.45, 7) is 12.8. The molecule has 0 saturated carbocycles. The van der Waals surface area contributed by atoms with Crippen molar-refractivity contribution in [2.24, 2.45) is 10.4 Å². The van der Waals surface area contributed by atoms with Gasteiger partial charge in [-0.05, 0) is 25.7 Å². The smallest absolute Gasteiger partial charge is 0.193 e. The van der Waals surface area contributed by atoms with Crippen LogP contribution in [0.25, 0.3) is 0 Å². The van der Waals surface area contributed by atoms with E-state index in [0.29, 0.717) is 5.41 Å². The van der Waals surface area contributed by atoms with Crippen molar-refractivity contribution in [2.45, 2.75) is 40.5 Å². The molecule has 4 nitrogen and oxygen atoms in total. The van der Waals surface area contributed by atoms with E-state index in [9.17, 15) is 0 Å². The third-order valence-corrected chi connectivity index (χ3v) is 4.54. The van der Waals surface area contributed by atoms with E-state index < -0.39 is 0 Å². The normalized spacial score (nSPS) is 18.6. The molecule has 1 aromatic rings. The van der Waals surface area contributed by atoms with Crippen LogP contribution in [0.2, 0.25) is 0 Å². The summed E-state index contributed by atoms with van der Waals surface area (Å²) in [5.74, 6) is 1.06. The minimum Gasteiger partial charge on any atom is -0.357 e. The standard InChI is InChI=1S/C15H26N4S/c1-5-16-14(19-9-7-15(3,4)11-19)17-8-6-13-18-10-12(2)20-13/h10H,5-9,11H2,1-4H3,(H,16,17). The molecule has 0 bridgehead atoms. The molecule has 1 aliphatic heterocycles. The molecule has 1 aliphatic rings. The van der Waals surface area contributed by atoms with Crippen molar-refractivity contribution in [3.05, 3.63) is 16.1 Å². The van der Waals surface area contributed by atoms with Gasteiger partial charge < -0.3 is 10.2 Å². The van der Waals surface area contributed by atoms with Crippen molar-refractivity contribution >= 4 is 17.3 Å². The fourth-order valence-corrected chi connectivity index (χ4v) is 3.27. The van der Waals surface area contributed by atoms with Gasteiger partial charge in [0.1, 0.15) is 0 Å². The van der Waals surface area contributed by atoms with E-state index in [1.807, 2.05) is 6.20 Å². The molecule has 112 valence electrons. The van der Waals surface area contributed by atoms with Crippen molar-refractivity contribution in [2.75, 3.05) is 26.2 Å². The summed E-state index contributed by atoms with van der Waals surface area (Å²) >= 11 is 1.77. The number of hydrogen-bond acceptors (Lipinski definition) is 3. The molecule has 0 radical (unpaired) electrons. The predicted molar refractivity (Wildman–Crippen MR) is 86.5 cm³/mol. The first-order valence-corrected chi connectivity index (χ1v) is 8.26. The quantitative estimate of drug-likeness (QED) is 0.685. The molecule has 2 rings (SSSR count). The zero-order valence-corrected chi connectivity index (χ0v) is 13.9. The fraction of sp³-hybridized carbons (Fsp3) is 0.733. The molecule has 0 aliphatic carbocycles. The van der Waals surface area contributed by atoms with Crippen LogP contribution >= 0.6 is 11.3 Å². The SMILES string of the molecule is CCNC(=NCCc1ncc(C)s1)N1CCC(C)(C)C1. The van der Waals surface area contributed by atoms with Crippen LogP contribution in [0.1, 0.15) is 37.1 Å². The second kappa shape index (κ2) is 6.57. The Morgan fingerprint density at radius 2 is 2.35 bits per heavy atom. The second-order valence-electron chi connectivity index (χ2n) is 6.19. The molecular weight excluding hydrogens is 268 g/mol. The number of aromatic nitrogens is 1. The highest BCUT2D eigenvalue weighted by molar-refractivity contribution is 7.11. The number of aryl methyl sites for hydroxylation is 1. The van der Waals surface area contributed by atoms with E-state index in [0.717, 1.165) is 38.6 Å². The van der Waals surface area contributed by atoms with Gasteiger partial charge in [0.25, 0.3) is 0 Å². The van der Waals surface area contributed by atoms with Crippen LogP contribution in [0.3, 0.4) is 0 Å². The highest BCUT2D eigenvalue weighted by atomic mass is 32.1. The minimum atomic E-state index is 0.405. The van der Waals surface area contributed by atoms with Gasteiger partial charge in [-0.2, -0.15) is 0 Å². The Morgan fingerprint density at radius 1 is 1.55 bits per heavy atom. The maximum absolute atomic E-state index is 4.76. The number of guanidine groups is 1. The third-order valence-electron chi connectivity index (χ3n) is 3.57. The Morgan fingerprint density at radius 3 is 2.90 bits per heavy atom. The Labute approximate surface area is 126 Å². The Bertz CT molecular complexity index is 464. The van der Waals surface area contributed by atoms with Gasteiger partial charge in [-0.3, -0.25) is 4.99 Å². The summed E-state index contributed by atoms with van der Waals surface area (Å²) in [6, 6.07) is 0. The summed E-state index contributed by atoms with van der Waals surface area (Å²) in [4.78, 5) is 12.8. The predicted octanol–water partition coefficient (Wildman–Crippen LogP) is 2.69. The van der Waals surface area contributed by atoms with Crippen LogP contribution in [0.5, 0.6) is 0 Å². The van der Waals surface area contributed by atoms with Gasteiger partial charge in [0.15, 0.2) is 5.96 Å². The second-order valence-corrected chi connectivity index (χ2v) is 7.51. The lowest BCUT2D eigenvalue weighted by Gasteiger charge is -2.23. The van der Waals surface area contributed by atoms with Crippen LogP contribution in [0.4, 0.5) is 0 Å². The van der Waals surface area contributed by atoms with Crippen molar-refractivity contribution in [3.8, 4) is 0 Å². The van der Waals surface area contributed by atoms with Crippen LogP contribution < -0.4 is 5.32 Å². The van der Waals surface area contributed by atoms with Gasteiger partial charge >= 0.3 is 0 Å². The Kier molecular flexibility index (Phi) is 5.02. The summed E-state index contributed by atoms with van der Waals surface area (Å²) < 4.78 is 0. The zero-order valence-electron chi connectivity index (χ0n) is 13.1. The molecule has 1 saturated heterocycles. The first kappa shape index (κ1) is 15.3. The number of nitrogens with one attached hydrogen (secondary N) is 1.